The minimum atomic E-state index is 0.236. The van der Waals surface area contributed by atoms with E-state index in [1.165, 1.54) is 25.7 Å². The number of fused-ring (bicyclic) bond motifs is 1. The van der Waals surface area contributed by atoms with Crippen molar-refractivity contribution in [3.8, 4) is 0 Å². The lowest BCUT2D eigenvalue weighted by Crippen LogP contribution is -2.47. The maximum absolute atomic E-state index is 12.4. The topological polar surface area (TPSA) is 44.4 Å². The highest BCUT2D eigenvalue weighted by atomic mass is 16.2. The summed E-state index contributed by atoms with van der Waals surface area (Å²) in [5, 5.41) is 6.91. The molecule has 0 bridgehead atoms. The van der Waals surface area contributed by atoms with Crippen LogP contribution < -0.4 is 10.6 Å². The predicted molar refractivity (Wildman–Crippen MR) is 85.1 cm³/mol. The molecule has 0 aromatic rings. The van der Waals surface area contributed by atoms with Crippen LogP contribution in [0.1, 0.15) is 46.0 Å². The summed E-state index contributed by atoms with van der Waals surface area (Å²) < 4.78 is 0. The molecule has 4 heteroatoms. The third-order valence-corrected chi connectivity index (χ3v) is 6.10. The number of likely N-dealkylation sites (tertiary alicyclic amines) is 1. The molecule has 0 aromatic carbocycles. The zero-order valence-corrected chi connectivity index (χ0v) is 13.6. The maximum Gasteiger partial charge on any atom is 0.234 e. The SMILES string of the molecule is CC1CCCC(NC(=O)CN2CC3CCCNC3C2)C1C. The van der Waals surface area contributed by atoms with E-state index in [-0.39, 0.29) is 5.91 Å². The smallest absolute Gasteiger partial charge is 0.234 e. The van der Waals surface area contributed by atoms with E-state index < -0.39 is 0 Å². The second-order valence-electron chi connectivity index (χ2n) is 7.60. The first-order valence-electron chi connectivity index (χ1n) is 8.88. The van der Waals surface area contributed by atoms with E-state index >= 15 is 0 Å². The van der Waals surface area contributed by atoms with Crippen molar-refractivity contribution in [1.82, 2.24) is 15.5 Å². The Kier molecular flexibility index (Phi) is 4.85. The molecular weight excluding hydrogens is 262 g/mol. The molecular formula is C17H31N3O. The average Bonchev–Trinajstić information content (AvgIpc) is 2.86. The number of hydrogen-bond donors (Lipinski definition) is 2. The third kappa shape index (κ3) is 3.59. The van der Waals surface area contributed by atoms with Gasteiger partial charge in [-0.05, 0) is 43.6 Å². The van der Waals surface area contributed by atoms with Crippen LogP contribution >= 0.6 is 0 Å². The monoisotopic (exact) mass is 293 g/mol. The highest BCUT2D eigenvalue weighted by molar-refractivity contribution is 5.78. The van der Waals surface area contributed by atoms with Crippen molar-refractivity contribution < 1.29 is 4.79 Å². The maximum atomic E-state index is 12.4. The fraction of sp³-hybridized carbons (Fsp3) is 0.941. The van der Waals surface area contributed by atoms with Crippen molar-refractivity contribution in [2.75, 3.05) is 26.2 Å². The Labute approximate surface area is 129 Å². The summed E-state index contributed by atoms with van der Waals surface area (Å²) in [6, 6.07) is 1.02. The van der Waals surface area contributed by atoms with Gasteiger partial charge in [0.2, 0.25) is 5.91 Å². The number of nitrogens with one attached hydrogen (secondary N) is 2. The number of piperidine rings is 1. The molecule has 1 amide bonds. The van der Waals surface area contributed by atoms with Crippen molar-refractivity contribution >= 4 is 5.91 Å². The van der Waals surface area contributed by atoms with Crippen LogP contribution in [0.25, 0.3) is 0 Å². The predicted octanol–water partition coefficient (Wildman–Crippen LogP) is 1.61. The largest absolute Gasteiger partial charge is 0.352 e. The molecule has 120 valence electrons. The standard InChI is InChI=1S/C17H31N3O/c1-12-5-3-7-15(13(12)2)19-17(21)11-20-9-14-6-4-8-18-16(14)10-20/h12-16,18H,3-11H2,1-2H3,(H,19,21). The van der Waals surface area contributed by atoms with E-state index in [4.69, 9.17) is 0 Å². The minimum absolute atomic E-state index is 0.236. The molecule has 1 saturated carbocycles. The summed E-state index contributed by atoms with van der Waals surface area (Å²) in [6.45, 7) is 8.50. The molecule has 0 spiro atoms. The molecule has 0 aromatic heterocycles. The van der Waals surface area contributed by atoms with Crippen LogP contribution in [0.3, 0.4) is 0 Å². The first-order valence-corrected chi connectivity index (χ1v) is 8.88. The summed E-state index contributed by atoms with van der Waals surface area (Å²) in [4.78, 5) is 14.7. The number of nitrogens with zero attached hydrogens (tertiary/aromatic N) is 1. The number of hydrogen-bond acceptors (Lipinski definition) is 3. The molecule has 3 aliphatic rings. The van der Waals surface area contributed by atoms with Gasteiger partial charge in [-0.3, -0.25) is 9.69 Å². The Morgan fingerprint density at radius 1 is 1.19 bits per heavy atom. The second-order valence-corrected chi connectivity index (χ2v) is 7.60. The fourth-order valence-corrected chi connectivity index (χ4v) is 4.51. The molecule has 3 fully saturated rings. The van der Waals surface area contributed by atoms with Crippen LogP contribution in [-0.2, 0) is 4.79 Å². The van der Waals surface area contributed by atoms with Gasteiger partial charge in [0, 0.05) is 25.2 Å². The van der Waals surface area contributed by atoms with Gasteiger partial charge in [-0.1, -0.05) is 26.7 Å². The zero-order chi connectivity index (χ0) is 14.8. The van der Waals surface area contributed by atoms with Gasteiger partial charge in [0.15, 0.2) is 0 Å². The summed E-state index contributed by atoms with van der Waals surface area (Å²) in [5.74, 6) is 2.35. The fourth-order valence-electron chi connectivity index (χ4n) is 4.51. The summed E-state index contributed by atoms with van der Waals surface area (Å²) >= 11 is 0. The highest BCUT2D eigenvalue weighted by Crippen LogP contribution is 2.29. The van der Waals surface area contributed by atoms with Crippen molar-refractivity contribution in [3.63, 3.8) is 0 Å². The van der Waals surface area contributed by atoms with Crippen LogP contribution in [-0.4, -0.2) is 49.1 Å². The van der Waals surface area contributed by atoms with Crippen LogP contribution in [0.4, 0.5) is 0 Å². The van der Waals surface area contributed by atoms with Crippen LogP contribution in [0.15, 0.2) is 0 Å². The first kappa shape index (κ1) is 15.3. The van der Waals surface area contributed by atoms with Crippen LogP contribution in [0.2, 0.25) is 0 Å². The number of carbonyl (C=O) groups excluding carboxylic acids is 1. The van der Waals surface area contributed by atoms with Crippen molar-refractivity contribution in [3.05, 3.63) is 0 Å². The zero-order valence-electron chi connectivity index (χ0n) is 13.6. The molecule has 3 rings (SSSR count). The lowest BCUT2D eigenvalue weighted by Gasteiger charge is -2.35. The molecule has 0 radical (unpaired) electrons. The molecule has 5 unspecified atom stereocenters. The van der Waals surface area contributed by atoms with Gasteiger partial charge in [-0.25, -0.2) is 0 Å². The lowest BCUT2D eigenvalue weighted by molar-refractivity contribution is -0.123. The molecule has 2 heterocycles. The molecule has 21 heavy (non-hydrogen) atoms. The van der Waals surface area contributed by atoms with E-state index in [9.17, 15) is 4.79 Å². The van der Waals surface area contributed by atoms with Gasteiger partial charge < -0.3 is 10.6 Å². The molecule has 2 aliphatic heterocycles. The Morgan fingerprint density at radius 3 is 2.86 bits per heavy atom. The summed E-state index contributed by atoms with van der Waals surface area (Å²) in [7, 11) is 0. The van der Waals surface area contributed by atoms with E-state index in [0.29, 0.717) is 24.5 Å². The van der Waals surface area contributed by atoms with E-state index in [1.54, 1.807) is 0 Å². The van der Waals surface area contributed by atoms with Gasteiger partial charge in [0.25, 0.3) is 0 Å². The summed E-state index contributed by atoms with van der Waals surface area (Å²) in [6.07, 6.45) is 6.35. The van der Waals surface area contributed by atoms with Crippen LogP contribution in [0, 0.1) is 17.8 Å². The van der Waals surface area contributed by atoms with Crippen molar-refractivity contribution in [2.24, 2.45) is 17.8 Å². The van der Waals surface area contributed by atoms with Gasteiger partial charge in [0.05, 0.1) is 6.54 Å². The van der Waals surface area contributed by atoms with E-state index in [1.807, 2.05) is 0 Å². The van der Waals surface area contributed by atoms with Crippen molar-refractivity contribution in [2.45, 2.75) is 58.0 Å². The van der Waals surface area contributed by atoms with Crippen molar-refractivity contribution in [1.29, 1.82) is 0 Å². The lowest BCUT2D eigenvalue weighted by atomic mass is 9.78. The molecule has 1 aliphatic carbocycles. The van der Waals surface area contributed by atoms with Crippen LogP contribution in [0.5, 0.6) is 0 Å². The Morgan fingerprint density at radius 2 is 2.05 bits per heavy atom. The number of rotatable bonds is 3. The minimum Gasteiger partial charge on any atom is -0.352 e. The quantitative estimate of drug-likeness (QED) is 0.831. The first-order chi connectivity index (χ1) is 10.1. The molecule has 2 saturated heterocycles. The molecule has 5 atom stereocenters. The van der Waals surface area contributed by atoms with Gasteiger partial charge in [-0.2, -0.15) is 0 Å². The van der Waals surface area contributed by atoms with E-state index in [0.717, 1.165) is 37.9 Å². The normalized spacial score (nSPS) is 40.8. The highest BCUT2D eigenvalue weighted by Gasteiger charge is 2.35. The van der Waals surface area contributed by atoms with Gasteiger partial charge in [0.1, 0.15) is 0 Å². The Bertz CT molecular complexity index is 359. The van der Waals surface area contributed by atoms with Gasteiger partial charge in [-0.15, -0.1) is 0 Å². The van der Waals surface area contributed by atoms with E-state index in [2.05, 4.69) is 29.4 Å². The third-order valence-electron chi connectivity index (χ3n) is 6.10. The average molecular weight is 293 g/mol. The number of amides is 1. The second kappa shape index (κ2) is 6.66. The summed E-state index contributed by atoms with van der Waals surface area (Å²) in [5.41, 5.74) is 0. The molecule has 2 N–H and O–H groups in total. The Balaban J connectivity index is 1.46. The number of carbonyl (C=O) groups is 1. The molecule has 4 nitrogen and oxygen atoms in total. The Hall–Kier alpha value is -0.610. The van der Waals surface area contributed by atoms with Gasteiger partial charge >= 0.3 is 0 Å².